The van der Waals surface area contributed by atoms with E-state index in [4.69, 9.17) is 5.73 Å². The Morgan fingerprint density at radius 3 is 2.26 bits per heavy atom. The van der Waals surface area contributed by atoms with Gasteiger partial charge in [-0.2, -0.15) is 0 Å². The van der Waals surface area contributed by atoms with Gasteiger partial charge in [0.25, 0.3) is 0 Å². The van der Waals surface area contributed by atoms with Crippen molar-refractivity contribution in [3.8, 4) is 5.69 Å². The molecule has 8 heteroatoms. The maximum absolute atomic E-state index is 12.3. The molecule has 0 fully saturated rings. The second-order valence-electron chi connectivity index (χ2n) is 4.57. The molecule has 0 atom stereocenters. The third-order valence-corrected chi connectivity index (χ3v) is 4.31. The van der Waals surface area contributed by atoms with Crippen LogP contribution in [0, 0.1) is 0 Å². The zero-order chi connectivity index (χ0) is 15.6. The maximum Gasteiger partial charge on any atom is 1.00 e. The summed E-state index contributed by atoms with van der Waals surface area (Å²) in [6, 6.07) is 16.6. The second-order valence-corrected chi connectivity index (χ2v) is 6.18. The molecule has 3 aromatic rings. The van der Waals surface area contributed by atoms with Crippen molar-refractivity contribution >= 4 is 21.5 Å². The standard InChI is InChI=1S/C15H13N4O2S.Na/c16-12-6-8-14(9-7-12)22(20,21)18-15-10-11-17-19(15)13-4-2-1-3-5-13;/h1-11H,16H2;/q-1;+1. The van der Waals surface area contributed by atoms with Crippen molar-refractivity contribution in [1.29, 1.82) is 0 Å². The molecule has 0 aliphatic carbocycles. The number of hydrogen-bond donors (Lipinski definition) is 1. The number of anilines is 1. The van der Waals surface area contributed by atoms with Gasteiger partial charge in [-0.05, 0) is 41.8 Å². The number of para-hydroxylation sites is 1. The van der Waals surface area contributed by atoms with Crippen LogP contribution in [0.25, 0.3) is 10.4 Å². The molecule has 0 bridgehead atoms. The van der Waals surface area contributed by atoms with Gasteiger partial charge in [0.15, 0.2) is 0 Å². The van der Waals surface area contributed by atoms with Crippen molar-refractivity contribution in [2.24, 2.45) is 0 Å². The summed E-state index contributed by atoms with van der Waals surface area (Å²) in [4.78, 5) is 0.0857. The van der Waals surface area contributed by atoms with E-state index in [1.165, 1.54) is 35.1 Å². The van der Waals surface area contributed by atoms with Crippen LogP contribution in [0.15, 0.2) is 71.8 Å². The molecular formula is C15H13N4NaO2S. The zero-order valence-electron chi connectivity index (χ0n) is 12.5. The van der Waals surface area contributed by atoms with Crippen LogP contribution in [0.2, 0.25) is 0 Å². The van der Waals surface area contributed by atoms with Crippen molar-refractivity contribution in [1.82, 2.24) is 9.78 Å². The first-order valence-corrected chi connectivity index (χ1v) is 7.93. The van der Waals surface area contributed by atoms with E-state index < -0.39 is 10.0 Å². The third-order valence-electron chi connectivity index (χ3n) is 3.02. The van der Waals surface area contributed by atoms with E-state index in [2.05, 4.69) is 9.82 Å². The molecule has 0 aliphatic heterocycles. The number of benzene rings is 2. The van der Waals surface area contributed by atoms with E-state index in [1.807, 2.05) is 30.3 Å². The monoisotopic (exact) mass is 336 g/mol. The quantitative estimate of drug-likeness (QED) is 0.530. The number of nitrogens with zero attached hydrogens (tertiary/aromatic N) is 3. The van der Waals surface area contributed by atoms with E-state index >= 15 is 0 Å². The Morgan fingerprint density at radius 1 is 0.957 bits per heavy atom. The summed E-state index contributed by atoms with van der Waals surface area (Å²) < 4.78 is 30.0. The Morgan fingerprint density at radius 2 is 1.61 bits per heavy atom. The Bertz CT molecular complexity index is 877. The number of sulfonamides is 1. The number of nitrogens with two attached hydrogens (primary N) is 1. The second kappa shape index (κ2) is 7.18. The summed E-state index contributed by atoms with van der Waals surface area (Å²) in [5, 5.41) is 4.12. The average molecular weight is 336 g/mol. The van der Waals surface area contributed by atoms with Crippen LogP contribution in [0.5, 0.6) is 0 Å². The molecule has 23 heavy (non-hydrogen) atoms. The van der Waals surface area contributed by atoms with Gasteiger partial charge in [0.05, 0.1) is 4.90 Å². The summed E-state index contributed by atoms with van der Waals surface area (Å²) in [6.45, 7) is 0. The first kappa shape index (κ1) is 17.6. The van der Waals surface area contributed by atoms with Crippen LogP contribution in [0.4, 0.5) is 11.5 Å². The number of aromatic nitrogens is 2. The largest absolute Gasteiger partial charge is 1.00 e. The molecule has 3 rings (SSSR count). The van der Waals surface area contributed by atoms with Gasteiger partial charge in [0.2, 0.25) is 10.0 Å². The molecule has 0 amide bonds. The Hall–Kier alpha value is -1.80. The molecule has 112 valence electrons. The van der Waals surface area contributed by atoms with Crippen molar-refractivity contribution in [3.63, 3.8) is 0 Å². The molecule has 1 aromatic heterocycles. The van der Waals surface area contributed by atoms with E-state index in [0.29, 0.717) is 5.69 Å². The van der Waals surface area contributed by atoms with Crippen LogP contribution in [-0.4, -0.2) is 18.2 Å². The normalized spacial score (nSPS) is 10.8. The minimum atomic E-state index is -3.82. The zero-order valence-corrected chi connectivity index (χ0v) is 15.3. The summed E-state index contributed by atoms with van der Waals surface area (Å²) in [5.74, 6) is 0.239. The SMILES string of the molecule is Nc1ccc(S(=O)(=O)[N-]c2ccnn2-c2ccccc2)cc1.[Na+]. The van der Waals surface area contributed by atoms with E-state index in [0.717, 1.165) is 5.69 Å². The summed E-state index contributed by atoms with van der Waals surface area (Å²) in [6.07, 6.45) is 1.50. The molecule has 0 unspecified atom stereocenters. The van der Waals surface area contributed by atoms with Crippen LogP contribution >= 0.6 is 0 Å². The van der Waals surface area contributed by atoms with Gasteiger partial charge in [0.1, 0.15) is 0 Å². The molecule has 0 radical (unpaired) electrons. The predicted molar refractivity (Wildman–Crippen MR) is 84.6 cm³/mol. The molecule has 2 aromatic carbocycles. The first-order chi connectivity index (χ1) is 10.6. The summed E-state index contributed by atoms with van der Waals surface area (Å²) in [7, 11) is -3.82. The van der Waals surface area contributed by atoms with Crippen LogP contribution < -0.4 is 35.3 Å². The third kappa shape index (κ3) is 3.94. The van der Waals surface area contributed by atoms with E-state index in [1.54, 1.807) is 6.07 Å². The smallest absolute Gasteiger partial charge is 0.399 e. The summed E-state index contributed by atoms with van der Waals surface area (Å²) in [5.41, 5.74) is 6.80. The van der Waals surface area contributed by atoms with Gasteiger partial charge in [-0.25, -0.2) is 8.42 Å². The Balaban J connectivity index is 0.00000192. The minimum Gasteiger partial charge on any atom is -0.399 e. The Kier molecular flexibility index (Phi) is 5.48. The van der Waals surface area contributed by atoms with Crippen molar-refractivity contribution in [2.75, 3.05) is 5.73 Å². The molecule has 0 aliphatic rings. The van der Waals surface area contributed by atoms with E-state index in [-0.39, 0.29) is 40.3 Å². The summed E-state index contributed by atoms with van der Waals surface area (Å²) >= 11 is 0. The van der Waals surface area contributed by atoms with E-state index in [9.17, 15) is 8.42 Å². The predicted octanol–water partition coefficient (Wildman–Crippen LogP) is -0.147. The molecule has 6 nitrogen and oxygen atoms in total. The number of rotatable bonds is 4. The topological polar surface area (TPSA) is 92.1 Å². The first-order valence-electron chi connectivity index (χ1n) is 6.49. The average Bonchev–Trinajstić information content (AvgIpc) is 2.96. The fourth-order valence-corrected chi connectivity index (χ4v) is 2.92. The van der Waals surface area contributed by atoms with Crippen LogP contribution in [0.3, 0.4) is 0 Å². The fraction of sp³-hybridized carbons (Fsp3) is 0. The van der Waals surface area contributed by atoms with Gasteiger partial charge in [-0.15, -0.1) is 0 Å². The number of nitrogen functional groups attached to an aromatic ring is 1. The van der Waals surface area contributed by atoms with Crippen LogP contribution in [0.1, 0.15) is 0 Å². The Labute approximate surface area is 156 Å². The van der Waals surface area contributed by atoms with Gasteiger partial charge in [-0.1, -0.05) is 30.3 Å². The van der Waals surface area contributed by atoms with Crippen molar-refractivity contribution in [2.45, 2.75) is 4.90 Å². The molecular weight excluding hydrogens is 323 g/mol. The maximum atomic E-state index is 12.3. The fourth-order valence-electron chi connectivity index (χ4n) is 1.95. The molecule has 0 saturated carbocycles. The van der Waals surface area contributed by atoms with Crippen molar-refractivity contribution in [3.05, 3.63) is 71.6 Å². The van der Waals surface area contributed by atoms with Crippen LogP contribution in [-0.2, 0) is 10.0 Å². The number of hydrogen-bond acceptors (Lipinski definition) is 4. The molecule has 0 saturated heterocycles. The van der Waals surface area contributed by atoms with Gasteiger partial charge < -0.3 is 15.1 Å². The molecule has 0 spiro atoms. The van der Waals surface area contributed by atoms with Gasteiger partial charge >= 0.3 is 29.6 Å². The van der Waals surface area contributed by atoms with Gasteiger partial charge in [-0.3, -0.25) is 5.10 Å². The molecule has 1 heterocycles. The van der Waals surface area contributed by atoms with Crippen molar-refractivity contribution < 1.29 is 38.0 Å². The molecule has 2 N–H and O–H groups in total. The van der Waals surface area contributed by atoms with Gasteiger partial charge in [0, 0.05) is 11.9 Å². The minimum absolute atomic E-state index is 0.